The first-order valence-corrected chi connectivity index (χ1v) is 11.0. The van der Waals surface area contributed by atoms with Crippen LogP contribution in [0.3, 0.4) is 0 Å². The molecule has 156 valence electrons. The first-order chi connectivity index (χ1) is 15.0. The van der Waals surface area contributed by atoms with E-state index >= 15 is 0 Å². The lowest BCUT2D eigenvalue weighted by atomic mass is 10.0. The smallest absolute Gasteiger partial charge is 0.237 e. The molecule has 0 bridgehead atoms. The van der Waals surface area contributed by atoms with Gasteiger partial charge in [0.05, 0.1) is 5.25 Å². The van der Waals surface area contributed by atoms with Gasteiger partial charge < -0.3 is 9.88 Å². The summed E-state index contributed by atoms with van der Waals surface area (Å²) in [5, 5.41) is 12.1. The maximum Gasteiger partial charge on any atom is 0.237 e. The zero-order valence-corrected chi connectivity index (χ0v) is 18.6. The Morgan fingerprint density at radius 3 is 2.42 bits per heavy atom. The van der Waals surface area contributed by atoms with Crippen LogP contribution in [0, 0.1) is 6.92 Å². The summed E-state index contributed by atoms with van der Waals surface area (Å²) in [6, 6.07) is 26.0. The number of carbonyl (C=O) groups is 1. The predicted octanol–water partition coefficient (Wildman–Crippen LogP) is 5.58. The number of nitrogens with zero attached hydrogens (tertiary/aromatic N) is 3. The summed E-state index contributed by atoms with van der Waals surface area (Å²) in [7, 11) is 1.93. The molecule has 3 aromatic carbocycles. The van der Waals surface area contributed by atoms with Gasteiger partial charge >= 0.3 is 0 Å². The second-order valence-electron chi connectivity index (χ2n) is 7.40. The molecular formula is C25H24N4OS. The highest BCUT2D eigenvalue weighted by molar-refractivity contribution is 8.00. The largest absolute Gasteiger partial charge is 0.325 e. The Morgan fingerprint density at radius 1 is 0.935 bits per heavy atom. The molecule has 0 aliphatic rings. The highest BCUT2D eigenvalue weighted by atomic mass is 32.2. The van der Waals surface area contributed by atoms with Gasteiger partial charge in [0.15, 0.2) is 11.0 Å². The van der Waals surface area contributed by atoms with Crippen LogP contribution in [0.5, 0.6) is 0 Å². The molecule has 1 atom stereocenters. The van der Waals surface area contributed by atoms with Crippen LogP contribution in [0.4, 0.5) is 5.69 Å². The molecule has 0 aliphatic heterocycles. The SMILES string of the molecule is Cc1cccc(-c2nnc(S[C@@H](C)C(=O)Nc3ccccc3-c3ccccc3)n2C)c1. The van der Waals surface area contributed by atoms with Crippen molar-refractivity contribution in [2.24, 2.45) is 7.05 Å². The van der Waals surface area contributed by atoms with Crippen molar-refractivity contribution in [3.8, 4) is 22.5 Å². The quantitative estimate of drug-likeness (QED) is 0.408. The highest BCUT2D eigenvalue weighted by Crippen LogP contribution is 2.30. The van der Waals surface area contributed by atoms with Gasteiger partial charge in [-0.1, -0.05) is 84.1 Å². The third-order valence-corrected chi connectivity index (χ3v) is 6.17. The van der Waals surface area contributed by atoms with Crippen molar-refractivity contribution >= 4 is 23.4 Å². The summed E-state index contributed by atoms with van der Waals surface area (Å²) >= 11 is 1.40. The van der Waals surface area contributed by atoms with E-state index in [1.165, 1.54) is 17.3 Å². The van der Waals surface area contributed by atoms with E-state index < -0.39 is 0 Å². The monoisotopic (exact) mass is 428 g/mol. The van der Waals surface area contributed by atoms with E-state index in [0.29, 0.717) is 5.16 Å². The lowest BCUT2D eigenvalue weighted by Gasteiger charge is -2.15. The maximum atomic E-state index is 12.9. The van der Waals surface area contributed by atoms with Crippen molar-refractivity contribution in [2.75, 3.05) is 5.32 Å². The fourth-order valence-corrected chi connectivity index (χ4v) is 4.18. The van der Waals surface area contributed by atoms with Crippen LogP contribution in [-0.4, -0.2) is 25.9 Å². The van der Waals surface area contributed by atoms with E-state index in [9.17, 15) is 4.79 Å². The molecule has 4 aromatic rings. The Kier molecular flexibility index (Phi) is 6.18. The molecule has 1 aromatic heterocycles. The van der Waals surface area contributed by atoms with Gasteiger partial charge in [0.1, 0.15) is 0 Å². The minimum atomic E-state index is -0.336. The first kappa shape index (κ1) is 20.9. The molecule has 0 unspecified atom stereocenters. The Bertz CT molecular complexity index is 1200. The minimum Gasteiger partial charge on any atom is -0.325 e. The molecular weight excluding hydrogens is 404 g/mol. The average molecular weight is 429 g/mol. The van der Waals surface area contributed by atoms with Gasteiger partial charge in [-0.15, -0.1) is 10.2 Å². The van der Waals surface area contributed by atoms with Crippen molar-refractivity contribution in [3.63, 3.8) is 0 Å². The van der Waals surface area contributed by atoms with E-state index in [-0.39, 0.29) is 11.2 Å². The van der Waals surface area contributed by atoms with Crippen LogP contribution < -0.4 is 5.32 Å². The van der Waals surface area contributed by atoms with E-state index in [1.807, 2.05) is 85.3 Å². The molecule has 0 fully saturated rings. The Labute approximate surface area is 186 Å². The number of rotatable bonds is 6. The number of carbonyl (C=O) groups excluding carboxylic acids is 1. The molecule has 1 amide bonds. The van der Waals surface area contributed by atoms with Gasteiger partial charge in [-0.2, -0.15) is 0 Å². The molecule has 0 radical (unpaired) electrons. The van der Waals surface area contributed by atoms with Crippen molar-refractivity contribution in [3.05, 3.63) is 84.4 Å². The molecule has 1 heterocycles. The van der Waals surface area contributed by atoms with Crippen molar-refractivity contribution < 1.29 is 4.79 Å². The van der Waals surface area contributed by atoms with Gasteiger partial charge in [-0.25, -0.2) is 0 Å². The third-order valence-electron chi connectivity index (χ3n) is 5.03. The number of hydrogen-bond donors (Lipinski definition) is 1. The van der Waals surface area contributed by atoms with Crippen LogP contribution in [0.1, 0.15) is 12.5 Å². The number of para-hydroxylation sites is 1. The minimum absolute atomic E-state index is 0.0755. The summed E-state index contributed by atoms with van der Waals surface area (Å²) < 4.78 is 1.93. The topological polar surface area (TPSA) is 59.8 Å². The fraction of sp³-hybridized carbons (Fsp3) is 0.160. The first-order valence-electron chi connectivity index (χ1n) is 10.1. The Balaban J connectivity index is 1.50. The van der Waals surface area contributed by atoms with Crippen molar-refractivity contribution in [2.45, 2.75) is 24.3 Å². The van der Waals surface area contributed by atoms with Crippen LogP contribution in [0.2, 0.25) is 0 Å². The molecule has 0 spiro atoms. The summed E-state index contributed by atoms with van der Waals surface area (Å²) in [4.78, 5) is 12.9. The lowest BCUT2D eigenvalue weighted by Crippen LogP contribution is -2.23. The van der Waals surface area contributed by atoms with E-state index in [4.69, 9.17) is 0 Å². The number of nitrogens with one attached hydrogen (secondary N) is 1. The lowest BCUT2D eigenvalue weighted by molar-refractivity contribution is -0.115. The molecule has 31 heavy (non-hydrogen) atoms. The molecule has 1 N–H and O–H groups in total. The fourth-order valence-electron chi connectivity index (χ4n) is 3.36. The number of hydrogen-bond acceptors (Lipinski definition) is 4. The highest BCUT2D eigenvalue weighted by Gasteiger charge is 2.20. The summed E-state index contributed by atoms with van der Waals surface area (Å²) in [6.45, 7) is 3.93. The average Bonchev–Trinajstić information content (AvgIpc) is 3.14. The number of amides is 1. The van der Waals surface area contributed by atoms with Crippen molar-refractivity contribution in [1.29, 1.82) is 0 Å². The molecule has 4 rings (SSSR count). The molecule has 6 heteroatoms. The standard InChI is InChI=1S/C25H24N4OS/c1-17-10-9-13-20(16-17)23-27-28-25(29(23)3)31-18(2)24(30)26-22-15-8-7-14-21(22)19-11-5-4-6-12-19/h4-16,18H,1-3H3,(H,26,30)/t18-/m0/s1. The number of thioether (sulfide) groups is 1. The summed E-state index contributed by atoms with van der Waals surface area (Å²) in [6.07, 6.45) is 0. The van der Waals surface area contributed by atoms with Gasteiger partial charge in [0, 0.05) is 23.9 Å². The van der Waals surface area contributed by atoms with Crippen molar-refractivity contribution in [1.82, 2.24) is 14.8 Å². The Hall–Kier alpha value is -3.38. The number of benzene rings is 3. The molecule has 0 saturated heterocycles. The zero-order valence-electron chi connectivity index (χ0n) is 17.7. The molecule has 0 saturated carbocycles. The zero-order chi connectivity index (χ0) is 21.8. The number of anilines is 1. The van der Waals surface area contributed by atoms with E-state index in [0.717, 1.165) is 28.2 Å². The van der Waals surface area contributed by atoms with Gasteiger partial charge in [-0.3, -0.25) is 4.79 Å². The van der Waals surface area contributed by atoms with Gasteiger partial charge in [-0.05, 0) is 31.5 Å². The van der Waals surface area contributed by atoms with Crippen LogP contribution in [0.15, 0.2) is 84.0 Å². The normalized spacial score (nSPS) is 11.8. The third kappa shape index (κ3) is 4.70. The second kappa shape index (κ2) is 9.18. The molecule has 0 aliphatic carbocycles. The van der Waals surface area contributed by atoms with E-state index in [1.54, 1.807) is 0 Å². The van der Waals surface area contributed by atoms with E-state index in [2.05, 4.69) is 34.6 Å². The van der Waals surface area contributed by atoms with Crippen LogP contribution >= 0.6 is 11.8 Å². The van der Waals surface area contributed by atoms with Crippen LogP contribution in [-0.2, 0) is 11.8 Å². The summed E-state index contributed by atoms with van der Waals surface area (Å²) in [5.74, 6) is 0.710. The Morgan fingerprint density at radius 2 is 1.65 bits per heavy atom. The van der Waals surface area contributed by atoms with Gasteiger partial charge in [0.25, 0.3) is 0 Å². The predicted molar refractivity (Wildman–Crippen MR) is 127 cm³/mol. The van der Waals surface area contributed by atoms with Gasteiger partial charge in [0.2, 0.25) is 5.91 Å². The maximum absolute atomic E-state index is 12.9. The number of aryl methyl sites for hydroxylation is 1. The molecule has 5 nitrogen and oxygen atoms in total. The second-order valence-corrected chi connectivity index (χ2v) is 8.70. The van der Waals surface area contributed by atoms with Crippen LogP contribution in [0.25, 0.3) is 22.5 Å². The summed E-state index contributed by atoms with van der Waals surface area (Å²) in [5.41, 5.74) is 5.03. The number of aromatic nitrogens is 3.